The Labute approximate surface area is 142 Å². The van der Waals surface area contributed by atoms with Gasteiger partial charge in [0.05, 0.1) is 0 Å². The van der Waals surface area contributed by atoms with E-state index in [0.29, 0.717) is 5.41 Å². The van der Waals surface area contributed by atoms with Gasteiger partial charge in [0.2, 0.25) is 0 Å². The van der Waals surface area contributed by atoms with E-state index in [-0.39, 0.29) is 11.5 Å². The summed E-state index contributed by atoms with van der Waals surface area (Å²) in [5.74, 6) is 4.03. The molecular weight excluding hydrogens is 282 g/mol. The summed E-state index contributed by atoms with van der Waals surface area (Å²) in [5, 5.41) is 4.28. The van der Waals surface area contributed by atoms with Crippen molar-refractivity contribution in [2.45, 2.75) is 85.6 Å². The third kappa shape index (κ3) is 2.69. The van der Waals surface area contributed by atoms with Crippen LogP contribution in [0, 0.1) is 40.4 Å². The predicted molar refractivity (Wildman–Crippen MR) is 95.9 cm³/mol. The van der Waals surface area contributed by atoms with Crippen molar-refractivity contribution >= 4 is 0 Å². The van der Waals surface area contributed by atoms with Gasteiger partial charge in [0.25, 0.3) is 0 Å². The molecule has 2 bridgehead atoms. The highest BCUT2D eigenvalue weighted by Gasteiger charge is 2.53. The smallest absolute Gasteiger partial charge is 0.0430 e. The van der Waals surface area contributed by atoms with E-state index in [2.05, 4.69) is 44.6 Å². The Morgan fingerprint density at radius 2 is 1.57 bits per heavy atom. The molecule has 130 valence electrons. The number of fused-ring (bicyclic) bond motifs is 3. The highest BCUT2D eigenvalue weighted by molar-refractivity contribution is 5.04. The van der Waals surface area contributed by atoms with Crippen LogP contribution < -0.4 is 0 Å². The summed E-state index contributed by atoms with van der Waals surface area (Å²) in [7, 11) is 0. The summed E-state index contributed by atoms with van der Waals surface area (Å²) < 4.78 is 0. The van der Waals surface area contributed by atoms with E-state index in [0.717, 1.165) is 36.0 Å². The lowest BCUT2D eigenvalue weighted by Crippen LogP contribution is -2.52. The van der Waals surface area contributed by atoms with Gasteiger partial charge in [0.15, 0.2) is 0 Å². The maximum absolute atomic E-state index is 9.06. The average molecular weight is 318 g/mol. The number of nitrogens with zero attached hydrogens (tertiary/aromatic N) is 3. The van der Waals surface area contributed by atoms with Crippen LogP contribution in [0.25, 0.3) is 10.4 Å². The summed E-state index contributed by atoms with van der Waals surface area (Å²) >= 11 is 0. The Morgan fingerprint density at radius 3 is 2.26 bits per heavy atom. The fraction of sp³-hybridized carbons (Fsp3) is 1.00. The van der Waals surface area contributed by atoms with Crippen molar-refractivity contribution in [2.75, 3.05) is 0 Å². The second kappa shape index (κ2) is 5.99. The van der Waals surface area contributed by atoms with E-state index in [1.807, 2.05) is 0 Å². The van der Waals surface area contributed by atoms with Crippen LogP contribution in [-0.2, 0) is 0 Å². The molecule has 0 N–H and O–H groups in total. The second-order valence-corrected chi connectivity index (χ2v) is 9.84. The molecule has 3 aliphatic rings. The van der Waals surface area contributed by atoms with Gasteiger partial charge in [-0.05, 0) is 78.1 Å². The van der Waals surface area contributed by atoms with Crippen molar-refractivity contribution in [2.24, 2.45) is 45.5 Å². The third-order valence-corrected chi connectivity index (χ3v) is 8.58. The highest BCUT2D eigenvalue weighted by atomic mass is 15.2. The summed E-state index contributed by atoms with van der Waals surface area (Å²) in [4.78, 5) is 3.22. The zero-order valence-corrected chi connectivity index (χ0v) is 15.8. The zero-order valence-electron chi connectivity index (χ0n) is 15.8. The molecule has 3 fully saturated rings. The Kier molecular flexibility index (Phi) is 4.46. The summed E-state index contributed by atoms with van der Waals surface area (Å²) in [5.41, 5.74) is 9.75. The molecule has 3 rings (SSSR count). The Balaban J connectivity index is 1.97. The van der Waals surface area contributed by atoms with Gasteiger partial charge >= 0.3 is 0 Å². The largest absolute Gasteiger partial charge is 0.0900 e. The zero-order chi connectivity index (χ0) is 16.8. The fourth-order valence-corrected chi connectivity index (χ4v) is 6.88. The topological polar surface area (TPSA) is 48.8 Å². The van der Waals surface area contributed by atoms with Crippen LogP contribution in [0.2, 0.25) is 0 Å². The molecule has 3 nitrogen and oxygen atoms in total. The van der Waals surface area contributed by atoms with Gasteiger partial charge in [-0.25, -0.2) is 0 Å². The molecule has 0 spiro atoms. The first-order chi connectivity index (χ1) is 10.8. The molecule has 3 heteroatoms. The van der Waals surface area contributed by atoms with Crippen molar-refractivity contribution in [3.8, 4) is 0 Å². The quantitative estimate of drug-likeness (QED) is 0.297. The predicted octanol–water partition coefficient (Wildman–Crippen LogP) is 6.59. The van der Waals surface area contributed by atoms with Crippen LogP contribution in [0.1, 0.15) is 79.6 Å². The highest BCUT2D eigenvalue weighted by Crippen LogP contribution is 2.60. The first-order valence-electron chi connectivity index (χ1n) is 9.85. The van der Waals surface area contributed by atoms with Crippen molar-refractivity contribution in [3.63, 3.8) is 0 Å². The molecule has 3 aliphatic carbocycles. The van der Waals surface area contributed by atoms with Crippen molar-refractivity contribution in [3.05, 3.63) is 10.4 Å². The van der Waals surface area contributed by atoms with E-state index in [4.69, 9.17) is 5.53 Å². The molecule has 23 heavy (non-hydrogen) atoms. The molecule has 0 aromatic carbocycles. The Bertz CT molecular complexity index is 493. The van der Waals surface area contributed by atoms with Gasteiger partial charge in [0.1, 0.15) is 0 Å². The normalized spacial score (nSPS) is 49.3. The van der Waals surface area contributed by atoms with E-state index < -0.39 is 0 Å². The SMILES string of the molecule is C[C@@H]1CCC(N=[N+]=[N-])[C@@]2(C)CC[C@H]3[C@H](C)CC[C@@H](C[C@H]12)C3(C)C. The number of hydrogen-bond acceptors (Lipinski definition) is 1. The molecule has 0 aromatic rings. The van der Waals surface area contributed by atoms with Gasteiger partial charge < -0.3 is 0 Å². The van der Waals surface area contributed by atoms with Gasteiger partial charge in [-0.2, -0.15) is 0 Å². The Morgan fingerprint density at radius 1 is 0.913 bits per heavy atom. The Hall–Kier alpha value is -0.690. The first-order valence-corrected chi connectivity index (χ1v) is 9.85. The lowest BCUT2D eigenvalue weighted by molar-refractivity contribution is -0.0759. The van der Waals surface area contributed by atoms with Crippen LogP contribution >= 0.6 is 0 Å². The van der Waals surface area contributed by atoms with E-state index in [9.17, 15) is 0 Å². The van der Waals surface area contributed by atoms with E-state index in [1.165, 1.54) is 38.5 Å². The van der Waals surface area contributed by atoms with Crippen LogP contribution in [0.4, 0.5) is 0 Å². The number of azide groups is 1. The van der Waals surface area contributed by atoms with Crippen LogP contribution in [0.3, 0.4) is 0 Å². The molecule has 0 saturated heterocycles. The molecule has 0 radical (unpaired) electrons. The van der Waals surface area contributed by atoms with Crippen LogP contribution in [0.15, 0.2) is 5.11 Å². The molecule has 7 atom stereocenters. The third-order valence-electron chi connectivity index (χ3n) is 8.58. The molecule has 1 unspecified atom stereocenters. The minimum absolute atomic E-state index is 0.214. The second-order valence-electron chi connectivity index (χ2n) is 9.84. The van der Waals surface area contributed by atoms with Crippen molar-refractivity contribution in [1.82, 2.24) is 0 Å². The van der Waals surface area contributed by atoms with Crippen molar-refractivity contribution < 1.29 is 0 Å². The maximum Gasteiger partial charge on any atom is 0.0430 e. The lowest BCUT2D eigenvalue weighted by Gasteiger charge is -2.58. The van der Waals surface area contributed by atoms with Crippen LogP contribution in [-0.4, -0.2) is 6.04 Å². The average Bonchev–Trinajstić information content (AvgIpc) is 2.47. The first kappa shape index (κ1) is 17.1. The summed E-state index contributed by atoms with van der Waals surface area (Å²) in [6.07, 6.45) is 9.06. The summed E-state index contributed by atoms with van der Waals surface area (Å²) in [6, 6.07) is 0.214. The lowest BCUT2D eigenvalue weighted by atomic mass is 9.48. The molecule has 0 aliphatic heterocycles. The van der Waals surface area contributed by atoms with Gasteiger partial charge in [-0.1, -0.05) is 52.6 Å². The molecule has 0 amide bonds. The minimum atomic E-state index is 0.214. The number of hydrogen-bond donors (Lipinski definition) is 0. The van der Waals surface area contributed by atoms with Gasteiger partial charge in [-0.15, -0.1) is 0 Å². The van der Waals surface area contributed by atoms with Crippen molar-refractivity contribution in [1.29, 1.82) is 0 Å². The van der Waals surface area contributed by atoms with Gasteiger partial charge in [-0.3, -0.25) is 0 Å². The number of rotatable bonds is 1. The summed E-state index contributed by atoms with van der Waals surface area (Å²) in [6.45, 7) is 12.5. The maximum atomic E-state index is 9.06. The molecule has 3 saturated carbocycles. The van der Waals surface area contributed by atoms with E-state index >= 15 is 0 Å². The van der Waals surface area contributed by atoms with E-state index in [1.54, 1.807) is 0 Å². The molecule has 0 aromatic heterocycles. The molecule has 0 heterocycles. The standard InChI is InChI=1S/C20H35N3/c1-13-6-8-15-12-17-14(2)7-9-18(22-23-21)20(17,5)11-10-16(13)19(15,3)4/h13-18H,6-12H2,1-5H3/t13-,14-,15+,16+,17-,18?,20+/m1/s1. The van der Waals surface area contributed by atoms with Crippen LogP contribution in [0.5, 0.6) is 0 Å². The fourth-order valence-electron chi connectivity index (χ4n) is 6.88. The van der Waals surface area contributed by atoms with Gasteiger partial charge in [0, 0.05) is 11.0 Å². The molecular formula is C20H35N3. The minimum Gasteiger partial charge on any atom is -0.0900 e. The monoisotopic (exact) mass is 317 g/mol.